The third kappa shape index (κ3) is 2.57. The molecule has 0 unspecified atom stereocenters. The van der Waals surface area contributed by atoms with Gasteiger partial charge in [-0.15, -0.1) is 0 Å². The molecule has 2 aromatic heterocycles. The van der Waals surface area contributed by atoms with Gasteiger partial charge in [0.15, 0.2) is 5.82 Å². The van der Waals surface area contributed by atoms with Crippen LogP contribution in [-0.4, -0.2) is 42.3 Å². The van der Waals surface area contributed by atoms with E-state index in [-0.39, 0.29) is 29.3 Å². The van der Waals surface area contributed by atoms with Crippen LogP contribution in [0.15, 0.2) is 12.3 Å². The number of aromatic nitrogens is 4. The molecule has 2 N–H and O–H groups in total. The summed E-state index contributed by atoms with van der Waals surface area (Å²) in [5.41, 5.74) is -0.681. The van der Waals surface area contributed by atoms with E-state index in [4.69, 9.17) is 5.10 Å². The largest absolute Gasteiger partial charge is 0.424 e. The van der Waals surface area contributed by atoms with Crippen LogP contribution in [0.4, 0.5) is 13.2 Å². The van der Waals surface area contributed by atoms with Gasteiger partial charge in [-0.05, 0) is 63.9 Å². The van der Waals surface area contributed by atoms with E-state index < -0.39 is 11.8 Å². The number of hydrogen-bond donors (Lipinski definition) is 2. The second kappa shape index (κ2) is 6.09. The molecule has 0 saturated heterocycles. The van der Waals surface area contributed by atoms with Crippen molar-refractivity contribution < 1.29 is 23.4 Å². The third-order valence-corrected chi connectivity index (χ3v) is 7.98. The Morgan fingerprint density at radius 1 is 1.13 bits per heavy atom. The van der Waals surface area contributed by atoms with Crippen LogP contribution >= 0.6 is 0 Å². The molecule has 2 aromatic rings. The minimum Gasteiger partial charge on any atom is -0.396 e. The Morgan fingerprint density at radius 3 is 2.33 bits per heavy atom. The lowest BCUT2D eigenvalue weighted by Crippen LogP contribution is -2.46. The molecule has 0 radical (unpaired) electrons. The van der Waals surface area contributed by atoms with Crippen molar-refractivity contribution in [3.8, 4) is 11.4 Å². The lowest BCUT2D eigenvalue weighted by molar-refractivity contribution is -0.262. The fourth-order valence-corrected chi connectivity index (χ4v) is 5.72. The number of hydrogen-bond acceptors (Lipinski definition) is 4. The number of aliphatic hydroxyl groups is 2. The zero-order valence-electron chi connectivity index (χ0n) is 17.2. The lowest BCUT2D eigenvalue weighted by atomic mass is 9.53. The number of fused-ring (bicyclic) bond motifs is 6. The van der Waals surface area contributed by atoms with Crippen LogP contribution < -0.4 is 0 Å². The number of rotatable bonds is 3. The summed E-state index contributed by atoms with van der Waals surface area (Å²) >= 11 is 0. The summed E-state index contributed by atoms with van der Waals surface area (Å²) in [5.74, 6) is -0.382. The highest BCUT2D eigenvalue weighted by atomic mass is 19.4. The van der Waals surface area contributed by atoms with Crippen molar-refractivity contribution in [2.24, 2.45) is 5.41 Å². The number of imidazole rings is 1. The highest BCUT2D eigenvalue weighted by Crippen LogP contribution is 2.57. The van der Waals surface area contributed by atoms with Gasteiger partial charge in [0.2, 0.25) is 5.60 Å². The minimum absolute atomic E-state index is 0.0182. The maximum absolute atomic E-state index is 13.5. The lowest BCUT2D eigenvalue weighted by Gasteiger charge is -2.52. The molecule has 3 aliphatic carbocycles. The van der Waals surface area contributed by atoms with Crippen LogP contribution in [0.25, 0.3) is 11.4 Å². The molecule has 0 spiro atoms. The van der Waals surface area contributed by atoms with Gasteiger partial charge in [0.1, 0.15) is 0 Å². The van der Waals surface area contributed by atoms with Gasteiger partial charge in [-0.25, -0.2) is 4.98 Å². The van der Waals surface area contributed by atoms with Crippen LogP contribution in [0, 0.1) is 5.41 Å². The molecule has 3 saturated carbocycles. The van der Waals surface area contributed by atoms with Gasteiger partial charge in [0, 0.05) is 12.0 Å². The van der Waals surface area contributed by atoms with Crippen molar-refractivity contribution in [3.63, 3.8) is 0 Å². The summed E-state index contributed by atoms with van der Waals surface area (Å²) in [6, 6.07) is 1.69. The molecule has 0 amide bonds. The van der Waals surface area contributed by atoms with E-state index in [0.29, 0.717) is 12.2 Å². The van der Waals surface area contributed by atoms with Crippen LogP contribution in [0.3, 0.4) is 0 Å². The van der Waals surface area contributed by atoms with E-state index in [9.17, 15) is 23.4 Å². The standard InChI is InChI=1S/C21H27F3N4O2/c1-13-11-27-14(15-10-25-17(28(13)15)18(2,30)21(22,23)24)9-16(26-27)20-6-3-19(12-29,4-7-20)5-8-20/h9-10,13,29-30H,3-8,11-12H2,1-2H3/t13-,18+,19?,20?/m0/s1. The SMILES string of the molecule is C[C@H]1Cn2nc(C34CCC(CO)(CC3)CC4)cc2-c2cnc([C@@](C)(O)C(F)(F)F)n21. The summed E-state index contributed by atoms with van der Waals surface area (Å²) < 4.78 is 43.8. The Balaban J connectivity index is 1.55. The zero-order chi connectivity index (χ0) is 21.5. The van der Waals surface area contributed by atoms with Crippen molar-refractivity contribution >= 4 is 0 Å². The highest BCUT2D eigenvalue weighted by molar-refractivity contribution is 5.58. The second-order valence-electron chi connectivity index (χ2n) is 9.79. The Labute approximate surface area is 172 Å². The fraction of sp³-hybridized carbons (Fsp3) is 0.714. The number of alkyl halides is 3. The van der Waals surface area contributed by atoms with E-state index >= 15 is 0 Å². The maximum Gasteiger partial charge on any atom is 0.424 e. The normalized spacial score (nSPS) is 32.6. The maximum atomic E-state index is 13.5. The highest BCUT2D eigenvalue weighted by Gasteiger charge is 2.55. The molecular weight excluding hydrogens is 397 g/mol. The molecule has 3 heterocycles. The van der Waals surface area contributed by atoms with Gasteiger partial charge in [-0.1, -0.05) is 0 Å². The van der Waals surface area contributed by atoms with Crippen molar-refractivity contribution in [2.45, 2.75) is 82.2 Å². The van der Waals surface area contributed by atoms with E-state index in [1.54, 1.807) is 0 Å². The molecule has 2 bridgehead atoms. The molecule has 2 atom stereocenters. The summed E-state index contributed by atoms with van der Waals surface area (Å²) in [7, 11) is 0. The predicted octanol–water partition coefficient (Wildman–Crippen LogP) is 3.68. The summed E-state index contributed by atoms with van der Waals surface area (Å²) in [4.78, 5) is 4.00. The van der Waals surface area contributed by atoms with Crippen molar-refractivity contribution in [1.82, 2.24) is 19.3 Å². The van der Waals surface area contributed by atoms with Gasteiger partial charge < -0.3 is 14.8 Å². The van der Waals surface area contributed by atoms with Crippen molar-refractivity contribution in [1.29, 1.82) is 0 Å². The van der Waals surface area contributed by atoms with Gasteiger partial charge in [-0.3, -0.25) is 4.68 Å². The number of aliphatic hydroxyl groups excluding tert-OH is 1. The molecule has 6 rings (SSSR count). The Morgan fingerprint density at radius 2 is 1.77 bits per heavy atom. The average molecular weight is 424 g/mol. The van der Waals surface area contributed by atoms with Crippen LogP contribution in [0.1, 0.15) is 69.9 Å². The first kappa shape index (κ1) is 20.1. The van der Waals surface area contributed by atoms with Crippen molar-refractivity contribution in [3.05, 3.63) is 23.8 Å². The van der Waals surface area contributed by atoms with Gasteiger partial charge in [-0.2, -0.15) is 18.3 Å². The molecule has 4 aliphatic rings. The van der Waals surface area contributed by atoms with Crippen LogP contribution in [-0.2, 0) is 17.6 Å². The second-order valence-corrected chi connectivity index (χ2v) is 9.79. The summed E-state index contributed by atoms with van der Waals surface area (Å²) in [6.07, 6.45) is 2.49. The molecule has 6 nitrogen and oxygen atoms in total. The summed E-state index contributed by atoms with van der Waals surface area (Å²) in [5, 5.41) is 24.9. The van der Waals surface area contributed by atoms with Crippen LogP contribution in [0.5, 0.6) is 0 Å². The topological polar surface area (TPSA) is 76.1 Å². The first-order chi connectivity index (χ1) is 14.0. The average Bonchev–Trinajstić information content (AvgIpc) is 3.34. The van der Waals surface area contributed by atoms with Gasteiger partial charge >= 0.3 is 6.18 Å². The Hall–Kier alpha value is -1.87. The van der Waals surface area contributed by atoms with E-state index in [1.807, 2.05) is 17.7 Å². The quantitative estimate of drug-likeness (QED) is 0.788. The first-order valence-electron chi connectivity index (χ1n) is 10.6. The minimum atomic E-state index is -4.82. The molecule has 164 valence electrons. The number of nitrogens with zero attached hydrogens (tertiary/aromatic N) is 4. The van der Waals surface area contributed by atoms with E-state index in [2.05, 4.69) is 4.98 Å². The van der Waals surface area contributed by atoms with E-state index in [0.717, 1.165) is 56.8 Å². The Kier molecular flexibility index (Phi) is 4.07. The smallest absolute Gasteiger partial charge is 0.396 e. The third-order valence-electron chi connectivity index (χ3n) is 7.98. The molecule has 0 aromatic carbocycles. The molecular formula is C21H27F3N4O2. The van der Waals surface area contributed by atoms with Gasteiger partial charge in [0.05, 0.1) is 35.9 Å². The molecule has 3 fully saturated rings. The molecule has 1 aliphatic heterocycles. The van der Waals surface area contributed by atoms with Gasteiger partial charge in [0.25, 0.3) is 0 Å². The number of halogens is 3. The summed E-state index contributed by atoms with van der Waals surface area (Å²) in [6.45, 7) is 3.24. The Bertz CT molecular complexity index is 966. The predicted molar refractivity (Wildman–Crippen MR) is 103 cm³/mol. The molecule has 30 heavy (non-hydrogen) atoms. The fourth-order valence-electron chi connectivity index (χ4n) is 5.72. The van der Waals surface area contributed by atoms with Crippen LogP contribution in [0.2, 0.25) is 0 Å². The zero-order valence-corrected chi connectivity index (χ0v) is 17.2. The molecule has 9 heteroatoms. The first-order valence-corrected chi connectivity index (χ1v) is 10.6. The monoisotopic (exact) mass is 424 g/mol. The van der Waals surface area contributed by atoms with E-state index in [1.165, 1.54) is 10.8 Å². The van der Waals surface area contributed by atoms with Crippen molar-refractivity contribution in [2.75, 3.05) is 6.61 Å².